The summed E-state index contributed by atoms with van der Waals surface area (Å²) in [5.41, 5.74) is 1.18. The van der Waals surface area contributed by atoms with Crippen molar-refractivity contribution in [2.24, 2.45) is 0 Å². The molecule has 0 radical (unpaired) electrons. The van der Waals surface area contributed by atoms with Gasteiger partial charge in [-0.3, -0.25) is 4.72 Å². The van der Waals surface area contributed by atoms with Gasteiger partial charge in [0, 0.05) is 22.8 Å². The molecule has 1 heterocycles. The first kappa shape index (κ1) is 14.1. The highest BCUT2D eigenvalue weighted by Gasteiger charge is 2.19. The van der Waals surface area contributed by atoms with Crippen LogP contribution >= 0.6 is 0 Å². The van der Waals surface area contributed by atoms with Crippen LogP contribution in [0.4, 0.5) is 10.1 Å². The molecule has 0 fully saturated rings. The maximum absolute atomic E-state index is 13.1. The standard InChI is InChI=1S/C15H10FN3O2S/c16-11-3-6-13-14(7-11)18-9-15(13)22(20,21)19-12-4-1-10(8-17)2-5-12/h1-7,9,18-19H. The summed E-state index contributed by atoms with van der Waals surface area (Å²) in [7, 11) is -3.82. The molecule has 3 rings (SSSR count). The number of H-pyrrole nitrogens is 1. The predicted molar refractivity (Wildman–Crippen MR) is 80.2 cm³/mol. The predicted octanol–water partition coefficient (Wildman–Crippen LogP) is 2.98. The molecule has 2 aromatic carbocycles. The van der Waals surface area contributed by atoms with Gasteiger partial charge in [-0.25, -0.2) is 12.8 Å². The average molecular weight is 315 g/mol. The highest BCUT2D eigenvalue weighted by atomic mass is 32.2. The zero-order chi connectivity index (χ0) is 15.7. The van der Waals surface area contributed by atoms with Crippen LogP contribution in [0.15, 0.2) is 53.6 Å². The van der Waals surface area contributed by atoms with Crippen molar-refractivity contribution in [1.29, 1.82) is 5.26 Å². The molecular weight excluding hydrogens is 305 g/mol. The molecule has 0 spiro atoms. The number of nitriles is 1. The fraction of sp³-hybridized carbons (Fsp3) is 0. The third-order valence-electron chi connectivity index (χ3n) is 3.16. The Morgan fingerprint density at radius 2 is 1.86 bits per heavy atom. The Bertz CT molecular complexity index is 986. The van der Waals surface area contributed by atoms with E-state index in [0.29, 0.717) is 22.2 Å². The molecule has 0 amide bonds. The van der Waals surface area contributed by atoms with Crippen molar-refractivity contribution < 1.29 is 12.8 Å². The van der Waals surface area contributed by atoms with Crippen LogP contribution in [0.2, 0.25) is 0 Å². The second-order valence-electron chi connectivity index (χ2n) is 4.64. The van der Waals surface area contributed by atoms with Crippen LogP contribution in [0.1, 0.15) is 5.56 Å². The number of halogens is 1. The van der Waals surface area contributed by atoms with Gasteiger partial charge in [0.05, 0.1) is 11.6 Å². The van der Waals surface area contributed by atoms with Gasteiger partial charge in [0.1, 0.15) is 10.7 Å². The van der Waals surface area contributed by atoms with E-state index >= 15 is 0 Å². The Balaban J connectivity index is 1.99. The lowest BCUT2D eigenvalue weighted by Crippen LogP contribution is -2.12. The van der Waals surface area contributed by atoms with Gasteiger partial charge in [0.25, 0.3) is 10.0 Å². The van der Waals surface area contributed by atoms with E-state index in [-0.39, 0.29) is 4.90 Å². The molecule has 5 nitrogen and oxygen atoms in total. The second-order valence-corrected chi connectivity index (χ2v) is 6.29. The monoisotopic (exact) mass is 315 g/mol. The van der Waals surface area contributed by atoms with E-state index in [1.807, 2.05) is 6.07 Å². The SMILES string of the molecule is N#Cc1ccc(NS(=O)(=O)c2c[nH]c3cc(F)ccc23)cc1. The van der Waals surface area contributed by atoms with Crippen molar-refractivity contribution in [3.63, 3.8) is 0 Å². The zero-order valence-electron chi connectivity index (χ0n) is 11.2. The van der Waals surface area contributed by atoms with Crippen molar-refractivity contribution in [1.82, 2.24) is 4.98 Å². The van der Waals surface area contributed by atoms with Gasteiger partial charge in [-0.05, 0) is 42.5 Å². The number of fused-ring (bicyclic) bond motifs is 1. The number of sulfonamides is 1. The molecule has 7 heteroatoms. The molecule has 0 saturated heterocycles. The van der Waals surface area contributed by atoms with E-state index in [0.717, 1.165) is 0 Å². The third-order valence-corrected chi connectivity index (χ3v) is 4.58. The van der Waals surface area contributed by atoms with Crippen LogP contribution in [0, 0.1) is 17.1 Å². The molecule has 110 valence electrons. The van der Waals surface area contributed by atoms with E-state index < -0.39 is 15.8 Å². The van der Waals surface area contributed by atoms with E-state index in [2.05, 4.69) is 9.71 Å². The number of aromatic amines is 1. The van der Waals surface area contributed by atoms with E-state index in [1.165, 1.54) is 48.7 Å². The molecule has 0 saturated carbocycles. The smallest absolute Gasteiger partial charge is 0.264 e. The first-order chi connectivity index (χ1) is 10.5. The number of nitrogens with zero attached hydrogens (tertiary/aromatic N) is 1. The Kier molecular flexibility index (Phi) is 3.31. The summed E-state index contributed by atoms with van der Waals surface area (Å²) in [5.74, 6) is -0.446. The molecule has 2 N–H and O–H groups in total. The van der Waals surface area contributed by atoms with Crippen LogP contribution in [0.25, 0.3) is 10.9 Å². The molecule has 1 aromatic heterocycles. The van der Waals surface area contributed by atoms with Crippen molar-refractivity contribution in [3.8, 4) is 6.07 Å². The van der Waals surface area contributed by atoms with Gasteiger partial charge >= 0.3 is 0 Å². The highest BCUT2D eigenvalue weighted by molar-refractivity contribution is 7.93. The molecule has 3 aromatic rings. The van der Waals surface area contributed by atoms with Crippen LogP contribution in [0.3, 0.4) is 0 Å². The minimum absolute atomic E-state index is 0.0341. The van der Waals surface area contributed by atoms with E-state index in [4.69, 9.17) is 5.26 Å². The summed E-state index contributed by atoms with van der Waals surface area (Å²) < 4.78 is 40.4. The lowest BCUT2D eigenvalue weighted by atomic mass is 10.2. The minimum atomic E-state index is -3.82. The summed E-state index contributed by atoms with van der Waals surface area (Å²) in [5, 5.41) is 9.13. The minimum Gasteiger partial charge on any atom is -0.360 e. The van der Waals surface area contributed by atoms with Crippen LogP contribution in [-0.2, 0) is 10.0 Å². The fourth-order valence-corrected chi connectivity index (χ4v) is 3.35. The Labute approximate surface area is 126 Å². The van der Waals surface area contributed by atoms with Gasteiger partial charge in [0.15, 0.2) is 0 Å². The molecule has 0 atom stereocenters. The molecule has 0 aliphatic rings. The average Bonchev–Trinajstić information content (AvgIpc) is 2.91. The van der Waals surface area contributed by atoms with Crippen LogP contribution in [-0.4, -0.2) is 13.4 Å². The number of anilines is 1. The topological polar surface area (TPSA) is 85.8 Å². The lowest BCUT2D eigenvalue weighted by Gasteiger charge is -2.07. The van der Waals surface area contributed by atoms with Gasteiger partial charge in [-0.15, -0.1) is 0 Å². The Hall–Kier alpha value is -2.85. The quantitative estimate of drug-likeness (QED) is 0.779. The lowest BCUT2D eigenvalue weighted by molar-refractivity contribution is 0.602. The number of hydrogen-bond acceptors (Lipinski definition) is 3. The van der Waals surface area contributed by atoms with Gasteiger partial charge in [-0.1, -0.05) is 0 Å². The van der Waals surface area contributed by atoms with Crippen molar-refractivity contribution in [3.05, 3.63) is 60.0 Å². The number of nitrogens with one attached hydrogen (secondary N) is 2. The Morgan fingerprint density at radius 1 is 1.14 bits per heavy atom. The van der Waals surface area contributed by atoms with Crippen LogP contribution in [0.5, 0.6) is 0 Å². The fourth-order valence-electron chi connectivity index (χ4n) is 2.12. The van der Waals surface area contributed by atoms with E-state index in [9.17, 15) is 12.8 Å². The number of rotatable bonds is 3. The molecular formula is C15H10FN3O2S. The molecule has 22 heavy (non-hydrogen) atoms. The molecule has 0 bridgehead atoms. The second kappa shape index (κ2) is 5.16. The number of benzene rings is 2. The van der Waals surface area contributed by atoms with Gasteiger partial charge < -0.3 is 4.98 Å². The third kappa shape index (κ3) is 2.52. The molecule has 0 aliphatic carbocycles. The van der Waals surface area contributed by atoms with Crippen molar-refractivity contribution in [2.75, 3.05) is 4.72 Å². The summed E-state index contributed by atoms with van der Waals surface area (Å²) in [6.07, 6.45) is 1.32. The summed E-state index contributed by atoms with van der Waals surface area (Å²) in [6.45, 7) is 0. The summed E-state index contributed by atoms with van der Waals surface area (Å²) >= 11 is 0. The number of aromatic nitrogens is 1. The highest BCUT2D eigenvalue weighted by Crippen LogP contribution is 2.25. The van der Waals surface area contributed by atoms with Crippen molar-refractivity contribution in [2.45, 2.75) is 4.90 Å². The maximum atomic E-state index is 13.1. The summed E-state index contributed by atoms with van der Waals surface area (Å²) in [4.78, 5) is 2.77. The van der Waals surface area contributed by atoms with Gasteiger partial charge in [-0.2, -0.15) is 5.26 Å². The van der Waals surface area contributed by atoms with E-state index in [1.54, 1.807) is 0 Å². The normalized spacial score (nSPS) is 11.3. The Morgan fingerprint density at radius 3 is 2.55 bits per heavy atom. The zero-order valence-corrected chi connectivity index (χ0v) is 12.0. The van der Waals surface area contributed by atoms with Crippen LogP contribution < -0.4 is 4.72 Å². The van der Waals surface area contributed by atoms with Gasteiger partial charge in [0.2, 0.25) is 0 Å². The molecule has 0 unspecified atom stereocenters. The first-order valence-corrected chi connectivity index (χ1v) is 7.77. The number of hydrogen-bond donors (Lipinski definition) is 2. The van der Waals surface area contributed by atoms with Crippen molar-refractivity contribution >= 4 is 26.6 Å². The maximum Gasteiger partial charge on any atom is 0.264 e. The largest absolute Gasteiger partial charge is 0.360 e. The molecule has 0 aliphatic heterocycles. The first-order valence-electron chi connectivity index (χ1n) is 6.29. The summed E-state index contributed by atoms with van der Waals surface area (Å²) in [6, 6.07) is 11.8.